The predicted octanol–water partition coefficient (Wildman–Crippen LogP) is 5.93. The van der Waals surface area contributed by atoms with E-state index in [1.54, 1.807) is 0 Å². The average molecular weight is 362 g/mol. The highest BCUT2D eigenvalue weighted by Gasteiger charge is 2.17. The molecule has 2 N–H and O–H groups in total. The van der Waals surface area contributed by atoms with E-state index in [1.165, 1.54) is 57.8 Å². The summed E-state index contributed by atoms with van der Waals surface area (Å²) in [6.45, 7) is 4.11. The summed E-state index contributed by atoms with van der Waals surface area (Å²) >= 11 is 0. The molecule has 0 heterocycles. The third-order valence-electron chi connectivity index (χ3n) is 5.01. The average Bonchev–Trinajstić information content (AvgIpc) is 2.66. The second-order valence-corrected chi connectivity index (χ2v) is 7.50. The van der Waals surface area contributed by atoms with E-state index < -0.39 is 6.10 Å². The smallest absolute Gasteiger partial charge is 0.220 e. The molecular formula is C23H39NO2. The number of carbonyl (C=O) groups excluding carboxylic acids is 1. The van der Waals surface area contributed by atoms with Crippen molar-refractivity contribution in [2.24, 2.45) is 0 Å². The first-order valence-corrected chi connectivity index (χ1v) is 10.7. The van der Waals surface area contributed by atoms with Crippen LogP contribution >= 0.6 is 0 Å². The molecule has 148 valence electrons. The van der Waals surface area contributed by atoms with Gasteiger partial charge in [-0.3, -0.25) is 4.79 Å². The minimum atomic E-state index is -0.655. The molecule has 1 aromatic rings. The van der Waals surface area contributed by atoms with Gasteiger partial charge in [0.15, 0.2) is 0 Å². The molecule has 0 saturated carbocycles. The summed E-state index contributed by atoms with van der Waals surface area (Å²) in [4.78, 5) is 12.0. The lowest BCUT2D eigenvalue weighted by molar-refractivity contribution is -0.122. The van der Waals surface area contributed by atoms with E-state index in [1.807, 2.05) is 37.3 Å². The van der Waals surface area contributed by atoms with Crippen molar-refractivity contribution in [3.63, 3.8) is 0 Å². The molecule has 1 aromatic carbocycles. The minimum absolute atomic E-state index is 0.0448. The molecule has 0 bridgehead atoms. The van der Waals surface area contributed by atoms with E-state index in [0.717, 1.165) is 18.4 Å². The molecule has 0 aliphatic carbocycles. The lowest BCUT2D eigenvalue weighted by Gasteiger charge is -2.20. The fourth-order valence-electron chi connectivity index (χ4n) is 3.29. The number of unbranched alkanes of at least 4 members (excludes halogenated alkanes) is 10. The first-order valence-electron chi connectivity index (χ1n) is 10.7. The maximum absolute atomic E-state index is 12.0. The van der Waals surface area contributed by atoms with Gasteiger partial charge in [0.2, 0.25) is 5.91 Å². The van der Waals surface area contributed by atoms with Crippen molar-refractivity contribution < 1.29 is 9.90 Å². The predicted molar refractivity (Wildman–Crippen MR) is 110 cm³/mol. The summed E-state index contributed by atoms with van der Waals surface area (Å²) in [6.07, 6.45) is 14.0. The van der Waals surface area contributed by atoms with Crippen LogP contribution in [0.15, 0.2) is 30.3 Å². The first-order chi connectivity index (χ1) is 12.6. The SMILES string of the molecule is CCCCCCCCCCCCCC(=O)N[C@H](C)[C@H](O)c1ccccc1. The summed E-state index contributed by atoms with van der Waals surface area (Å²) < 4.78 is 0. The molecule has 0 radical (unpaired) electrons. The Morgan fingerprint density at radius 3 is 1.92 bits per heavy atom. The monoisotopic (exact) mass is 361 g/mol. The molecule has 3 nitrogen and oxygen atoms in total. The van der Waals surface area contributed by atoms with Gasteiger partial charge in [-0.2, -0.15) is 0 Å². The van der Waals surface area contributed by atoms with Gasteiger partial charge in [-0.25, -0.2) is 0 Å². The zero-order valence-corrected chi connectivity index (χ0v) is 16.9. The van der Waals surface area contributed by atoms with Gasteiger partial charge in [0.05, 0.1) is 12.1 Å². The number of benzene rings is 1. The molecule has 0 aliphatic rings. The van der Waals surface area contributed by atoms with E-state index in [-0.39, 0.29) is 11.9 Å². The molecule has 2 atom stereocenters. The summed E-state index contributed by atoms with van der Waals surface area (Å²) in [5.41, 5.74) is 0.843. The van der Waals surface area contributed by atoms with Crippen LogP contribution < -0.4 is 5.32 Å². The number of rotatable bonds is 15. The van der Waals surface area contributed by atoms with Gasteiger partial charge < -0.3 is 10.4 Å². The van der Waals surface area contributed by atoms with Crippen molar-refractivity contribution in [1.82, 2.24) is 5.32 Å². The van der Waals surface area contributed by atoms with E-state index in [4.69, 9.17) is 0 Å². The number of aliphatic hydroxyl groups is 1. The molecule has 0 aliphatic heterocycles. The van der Waals surface area contributed by atoms with Gasteiger partial charge in [-0.1, -0.05) is 101 Å². The lowest BCUT2D eigenvalue weighted by Crippen LogP contribution is -2.36. The van der Waals surface area contributed by atoms with Crippen LogP contribution in [0.3, 0.4) is 0 Å². The first kappa shape index (κ1) is 22.7. The summed E-state index contributed by atoms with van der Waals surface area (Å²) in [7, 11) is 0. The number of aliphatic hydroxyl groups excluding tert-OH is 1. The van der Waals surface area contributed by atoms with Gasteiger partial charge in [-0.05, 0) is 18.9 Å². The molecule has 0 aromatic heterocycles. The van der Waals surface area contributed by atoms with Crippen LogP contribution in [-0.2, 0) is 4.79 Å². The fraction of sp³-hybridized carbons (Fsp3) is 0.696. The minimum Gasteiger partial charge on any atom is -0.386 e. The number of nitrogens with one attached hydrogen (secondary N) is 1. The molecule has 26 heavy (non-hydrogen) atoms. The Morgan fingerprint density at radius 1 is 0.885 bits per heavy atom. The Bertz CT molecular complexity index is 461. The number of carbonyl (C=O) groups is 1. The van der Waals surface area contributed by atoms with Crippen LogP contribution in [0.5, 0.6) is 0 Å². The fourth-order valence-corrected chi connectivity index (χ4v) is 3.29. The summed E-state index contributed by atoms with van der Waals surface area (Å²) in [6, 6.07) is 9.23. The zero-order valence-electron chi connectivity index (χ0n) is 16.9. The van der Waals surface area contributed by atoms with Crippen molar-refractivity contribution >= 4 is 5.91 Å². The third-order valence-corrected chi connectivity index (χ3v) is 5.01. The van der Waals surface area contributed by atoms with E-state index in [2.05, 4.69) is 12.2 Å². The van der Waals surface area contributed by atoms with Crippen LogP contribution in [0.4, 0.5) is 0 Å². The Balaban J connectivity index is 2.00. The van der Waals surface area contributed by atoms with E-state index in [9.17, 15) is 9.90 Å². The molecule has 3 heteroatoms. The highest BCUT2D eigenvalue weighted by molar-refractivity contribution is 5.76. The molecule has 1 rings (SSSR count). The molecule has 1 amide bonds. The molecule has 0 saturated heterocycles. The normalized spacial score (nSPS) is 13.3. The topological polar surface area (TPSA) is 49.3 Å². The van der Waals surface area contributed by atoms with Gasteiger partial charge in [0, 0.05) is 6.42 Å². The maximum atomic E-state index is 12.0. The second kappa shape index (κ2) is 14.8. The number of amides is 1. The van der Waals surface area contributed by atoms with Crippen LogP contribution in [0.2, 0.25) is 0 Å². The van der Waals surface area contributed by atoms with Crippen molar-refractivity contribution in [3.8, 4) is 0 Å². The standard InChI is InChI=1S/C23H39NO2/c1-3-4-5-6-7-8-9-10-11-12-16-19-22(25)24-20(2)23(26)21-17-14-13-15-18-21/h13-15,17-18,20,23,26H,3-12,16,19H2,1-2H3,(H,24,25)/t20-,23+/m1/s1. The van der Waals surface area contributed by atoms with Crippen molar-refractivity contribution in [2.75, 3.05) is 0 Å². The van der Waals surface area contributed by atoms with Crippen molar-refractivity contribution in [3.05, 3.63) is 35.9 Å². The summed E-state index contributed by atoms with van der Waals surface area (Å²) in [5, 5.41) is 13.2. The molecule has 0 unspecified atom stereocenters. The quantitative estimate of drug-likeness (QED) is 0.381. The van der Waals surface area contributed by atoms with Crippen LogP contribution in [0, 0.1) is 0 Å². The van der Waals surface area contributed by atoms with Gasteiger partial charge in [0.1, 0.15) is 0 Å². The highest BCUT2D eigenvalue weighted by Crippen LogP contribution is 2.16. The van der Waals surface area contributed by atoms with Crippen molar-refractivity contribution in [1.29, 1.82) is 0 Å². The van der Waals surface area contributed by atoms with E-state index in [0.29, 0.717) is 6.42 Å². The van der Waals surface area contributed by atoms with Gasteiger partial charge in [0.25, 0.3) is 0 Å². The van der Waals surface area contributed by atoms with Crippen LogP contribution in [0.1, 0.15) is 103 Å². The van der Waals surface area contributed by atoms with Gasteiger partial charge >= 0.3 is 0 Å². The highest BCUT2D eigenvalue weighted by atomic mass is 16.3. The molecule has 0 fully saturated rings. The number of hydrogen-bond acceptors (Lipinski definition) is 2. The lowest BCUT2D eigenvalue weighted by atomic mass is 10.0. The Kier molecular flexibility index (Phi) is 12.9. The Morgan fingerprint density at radius 2 is 1.38 bits per heavy atom. The van der Waals surface area contributed by atoms with Crippen LogP contribution in [-0.4, -0.2) is 17.1 Å². The van der Waals surface area contributed by atoms with Gasteiger partial charge in [-0.15, -0.1) is 0 Å². The largest absolute Gasteiger partial charge is 0.386 e. The number of hydrogen-bond donors (Lipinski definition) is 2. The summed E-state index contributed by atoms with van der Waals surface area (Å²) in [5.74, 6) is 0.0448. The third kappa shape index (κ3) is 10.6. The Labute approximate surface area is 160 Å². The van der Waals surface area contributed by atoms with E-state index >= 15 is 0 Å². The maximum Gasteiger partial charge on any atom is 0.220 e. The van der Waals surface area contributed by atoms with Crippen LogP contribution in [0.25, 0.3) is 0 Å². The zero-order chi connectivity index (χ0) is 19.0. The van der Waals surface area contributed by atoms with Crippen molar-refractivity contribution in [2.45, 2.75) is 103 Å². The second-order valence-electron chi connectivity index (χ2n) is 7.50. The molecule has 0 spiro atoms. The Hall–Kier alpha value is -1.35. The molecular weight excluding hydrogens is 322 g/mol.